The molecular weight excluding hydrogens is 574 g/mol. The fraction of sp³-hybridized carbons (Fsp3) is 0.391. The summed E-state index contributed by atoms with van der Waals surface area (Å²) in [6.07, 6.45) is 1.81. The molecule has 2 aromatic carbocycles. The lowest BCUT2D eigenvalue weighted by Gasteiger charge is -2.32. The van der Waals surface area contributed by atoms with Crippen molar-refractivity contribution >= 4 is 59.4 Å². The number of carbonyl (C=O) groups excluding carboxylic acids is 2. The number of halogens is 2. The van der Waals surface area contributed by atoms with Gasteiger partial charge in [0.2, 0.25) is 21.8 Å². The smallest absolute Gasteiger partial charge is 0.244 e. The van der Waals surface area contributed by atoms with Gasteiger partial charge in [-0.25, -0.2) is 8.42 Å². The standard InChI is InChI=1S/C23H29Br2N3O4S/c1-5-16(2)26-23(30)17(3)27(14-18-9-11-19(24)12-10-18)22(29)15-28(33(4,31)32)21-8-6-7-20(25)13-21/h6-13,16-17H,5,14-15H2,1-4H3,(H,26,30)/t16-,17-/m0/s1. The van der Waals surface area contributed by atoms with Crippen LogP contribution in [-0.4, -0.2) is 50.0 Å². The average Bonchev–Trinajstić information content (AvgIpc) is 2.75. The van der Waals surface area contributed by atoms with Crippen LogP contribution >= 0.6 is 31.9 Å². The lowest BCUT2D eigenvalue weighted by Crippen LogP contribution is -2.52. The minimum Gasteiger partial charge on any atom is -0.352 e. The number of carbonyl (C=O) groups is 2. The van der Waals surface area contributed by atoms with Gasteiger partial charge in [0.15, 0.2) is 0 Å². The first-order valence-corrected chi connectivity index (χ1v) is 13.9. The summed E-state index contributed by atoms with van der Waals surface area (Å²) >= 11 is 6.73. The Labute approximate surface area is 212 Å². The van der Waals surface area contributed by atoms with Crippen LogP contribution in [0, 0.1) is 0 Å². The van der Waals surface area contributed by atoms with Crippen LogP contribution in [0.25, 0.3) is 0 Å². The van der Waals surface area contributed by atoms with E-state index in [1.807, 2.05) is 38.1 Å². The molecule has 0 aliphatic rings. The van der Waals surface area contributed by atoms with Crippen LogP contribution in [0.2, 0.25) is 0 Å². The molecule has 0 aliphatic heterocycles. The molecule has 33 heavy (non-hydrogen) atoms. The molecule has 0 heterocycles. The van der Waals surface area contributed by atoms with Gasteiger partial charge < -0.3 is 10.2 Å². The van der Waals surface area contributed by atoms with Gasteiger partial charge in [0.25, 0.3) is 0 Å². The maximum absolute atomic E-state index is 13.4. The molecule has 2 aromatic rings. The van der Waals surface area contributed by atoms with Gasteiger partial charge in [0, 0.05) is 21.5 Å². The van der Waals surface area contributed by atoms with Crippen molar-refractivity contribution in [1.82, 2.24) is 10.2 Å². The van der Waals surface area contributed by atoms with E-state index in [4.69, 9.17) is 0 Å². The third-order valence-electron chi connectivity index (χ3n) is 5.21. The van der Waals surface area contributed by atoms with Crippen molar-refractivity contribution in [3.8, 4) is 0 Å². The van der Waals surface area contributed by atoms with E-state index in [-0.39, 0.29) is 18.5 Å². The summed E-state index contributed by atoms with van der Waals surface area (Å²) in [6.45, 7) is 5.24. The van der Waals surface area contributed by atoms with Crippen LogP contribution in [0.5, 0.6) is 0 Å². The van der Waals surface area contributed by atoms with Crippen molar-refractivity contribution in [3.05, 3.63) is 63.0 Å². The van der Waals surface area contributed by atoms with Crippen LogP contribution in [-0.2, 0) is 26.2 Å². The number of rotatable bonds is 10. The van der Waals surface area contributed by atoms with Crippen molar-refractivity contribution in [2.24, 2.45) is 0 Å². The highest BCUT2D eigenvalue weighted by Gasteiger charge is 2.30. The second-order valence-corrected chi connectivity index (χ2v) is 11.6. The molecular formula is C23H29Br2N3O4S. The van der Waals surface area contributed by atoms with Gasteiger partial charge in [-0.2, -0.15) is 0 Å². The Morgan fingerprint density at radius 2 is 1.67 bits per heavy atom. The number of hydrogen-bond donors (Lipinski definition) is 1. The Hall–Kier alpha value is -1.91. The number of sulfonamides is 1. The number of hydrogen-bond acceptors (Lipinski definition) is 4. The lowest BCUT2D eigenvalue weighted by molar-refractivity contribution is -0.139. The fourth-order valence-electron chi connectivity index (χ4n) is 3.08. The summed E-state index contributed by atoms with van der Waals surface area (Å²) in [4.78, 5) is 27.7. The number of nitrogens with zero attached hydrogens (tertiary/aromatic N) is 2. The summed E-state index contributed by atoms with van der Waals surface area (Å²) in [5.41, 5.74) is 1.18. The largest absolute Gasteiger partial charge is 0.352 e. The Kier molecular flexibility index (Phi) is 9.93. The molecule has 0 radical (unpaired) electrons. The van der Waals surface area contributed by atoms with E-state index < -0.39 is 28.5 Å². The Morgan fingerprint density at radius 3 is 2.21 bits per heavy atom. The predicted octanol–water partition coefficient (Wildman–Crippen LogP) is 4.31. The summed E-state index contributed by atoms with van der Waals surface area (Å²) in [5, 5.41) is 2.90. The summed E-state index contributed by atoms with van der Waals surface area (Å²) in [5.74, 6) is -0.765. The third kappa shape index (κ3) is 8.12. The normalized spacial score (nSPS) is 13.2. The van der Waals surface area contributed by atoms with Crippen LogP contribution in [0.15, 0.2) is 57.5 Å². The van der Waals surface area contributed by atoms with E-state index >= 15 is 0 Å². The molecule has 10 heteroatoms. The highest BCUT2D eigenvalue weighted by molar-refractivity contribution is 9.10. The molecule has 0 spiro atoms. The maximum Gasteiger partial charge on any atom is 0.244 e. The second kappa shape index (κ2) is 12.0. The van der Waals surface area contributed by atoms with E-state index in [0.29, 0.717) is 10.2 Å². The molecule has 0 saturated carbocycles. The fourth-order valence-corrected chi connectivity index (χ4v) is 4.57. The molecule has 0 bridgehead atoms. The molecule has 0 fully saturated rings. The van der Waals surface area contributed by atoms with E-state index in [1.165, 1.54) is 4.90 Å². The van der Waals surface area contributed by atoms with Crippen molar-refractivity contribution in [2.45, 2.75) is 45.8 Å². The molecule has 0 aromatic heterocycles. The lowest BCUT2D eigenvalue weighted by atomic mass is 10.1. The monoisotopic (exact) mass is 601 g/mol. The van der Waals surface area contributed by atoms with Crippen LogP contribution < -0.4 is 9.62 Å². The van der Waals surface area contributed by atoms with Crippen LogP contribution in [0.3, 0.4) is 0 Å². The number of nitrogens with one attached hydrogen (secondary N) is 1. The van der Waals surface area contributed by atoms with E-state index in [9.17, 15) is 18.0 Å². The van der Waals surface area contributed by atoms with Crippen molar-refractivity contribution in [1.29, 1.82) is 0 Å². The molecule has 1 N–H and O–H groups in total. The molecule has 0 unspecified atom stereocenters. The summed E-state index contributed by atoms with van der Waals surface area (Å²) < 4.78 is 27.7. The Balaban J connectivity index is 2.37. The first-order valence-electron chi connectivity index (χ1n) is 10.5. The average molecular weight is 603 g/mol. The van der Waals surface area contributed by atoms with Gasteiger partial charge in [0.05, 0.1) is 11.9 Å². The molecule has 2 atom stereocenters. The van der Waals surface area contributed by atoms with Gasteiger partial charge in [-0.15, -0.1) is 0 Å². The zero-order valence-electron chi connectivity index (χ0n) is 19.1. The molecule has 0 saturated heterocycles. The number of amides is 2. The summed E-state index contributed by atoms with van der Waals surface area (Å²) in [7, 11) is -3.75. The molecule has 0 aliphatic carbocycles. The van der Waals surface area contributed by atoms with Gasteiger partial charge in [0.1, 0.15) is 12.6 Å². The quantitative estimate of drug-likeness (QED) is 0.439. The zero-order valence-corrected chi connectivity index (χ0v) is 23.1. The first kappa shape index (κ1) is 27.3. The van der Waals surface area contributed by atoms with Crippen molar-refractivity contribution in [3.63, 3.8) is 0 Å². The predicted molar refractivity (Wildman–Crippen MR) is 138 cm³/mol. The Bertz CT molecular complexity index is 1080. The van der Waals surface area contributed by atoms with Gasteiger partial charge in [-0.3, -0.25) is 13.9 Å². The van der Waals surface area contributed by atoms with E-state index in [0.717, 1.165) is 27.0 Å². The molecule has 180 valence electrons. The third-order valence-corrected chi connectivity index (χ3v) is 7.37. The minimum atomic E-state index is -3.75. The van der Waals surface area contributed by atoms with Crippen LogP contribution in [0.1, 0.15) is 32.8 Å². The first-order chi connectivity index (χ1) is 15.4. The molecule has 2 amide bonds. The van der Waals surface area contributed by atoms with Crippen LogP contribution in [0.4, 0.5) is 5.69 Å². The molecule has 2 rings (SSSR count). The van der Waals surface area contributed by atoms with Gasteiger partial charge >= 0.3 is 0 Å². The maximum atomic E-state index is 13.4. The van der Waals surface area contributed by atoms with Crippen molar-refractivity contribution < 1.29 is 18.0 Å². The number of benzene rings is 2. The molecule has 7 nitrogen and oxygen atoms in total. The Morgan fingerprint density at radius 1 is 1.03 bits per heavy atom. The van der Waals surface area contributed by atoms with E-state index in [2.05, 4.69) is 37.2 Å². The SMILES string of the molecule is CC[C@H](C)NC(=O)[C@H](C)N(Cc1ccc(Br)cc1)C(=O)CN(c1cccc(Br)c1)S(C)(=O)=O. The van der Waals surface area contributed by atoms with E-state index in [1.54, 1.807) is 31.2 Å². The highest BCUT2D eigenvalue weighted by atomic mass is 79.9. The van der Waals surface area contributed by atoms with Gasteiger partial charge in [-0.1, -0.05) is 57.0 Å². The van der Waals surface area contributed by atoms with Crippen molar-refractivity contribution in [2.75, 3.05) is 17.1 Å². The summed E-state index contributed by atoms with van der Waals surface area (Å²) in [6, 6.07) is 13.3. The topological polar surface area (TPSA) is 86.8 Å². The zero-order chi connectivity index (χ0) is 24.8. The highest BCUT2D eigenvalue weighted by Crippen LogP contribution is 2.23. The minimum absolute atomic E-state index is 0.0428. The second-order valence-electron chi connectivity index (χ2n) is 7.89. The number of anilines is 1. The van der Waals surface area contributed by atoms with Gasteiger partial charge in [-0.05, 0) is 56.2 Å².